The molecule has 0 aliphatic heterocycles. The minimum atomic E-state index is -0.387. The van der Waals surface area contributed by atoms with E-state index in [0.29, 0.717) is 10.6 Å². The molecule has 94 valence electrons. The summed E-state index contributed by atoms with van der Waals surface area (Å²) in [5, 5.41) is 0.461. The molecule has 0 bridgehead atoms. The van der Waals surface area contributed by atoms with Gasteiger partial charge in [0.05, 0.1) is 6.04 Å². The number of benzene rings is 1. The highest BCUT2D eigenvalue weighted by molar-refractivity contribution is 6.31. The van der Waals surface area contributed by atoms with E-state index in [4.69, 9.17) is 17.4 Å². The first-order chi connectivity index (χ1) is 8.63. The second kappa shape index (κ2) is 5.44. The van der Waals surface area contributed by atoms with Crippen molar-refractivity contribution < 1.29 is 4.39 Å². The molecule has 2 aromatic rings. The van der Waals surface area contributed by atoms with Crippen molar-refractivity contribution in [2.24, 2.45) is 5.84 Å². The van der Waals surface area contributed by atoms with Crippen LogP contribution in [0.25, 0.3) is 0 Å². The Morgan fingerprint density at radius 1 is 1.33 bits per heavy atom. The summed E-state index contributed by atoms with van der Waals surface area (Å²) in [4.78, 5) is 4.06. The van der Waals surface area contributed by atoms with Gasteiger partial charge in [-0.25, -0.2) is 9.82 Å². The summed E-state index contributed by atoms with van der Waals surface area (Å²) in [6.07, 6.45) is 3.39. The molecule has 0 radical (unpaired) electrons. The van der Waals surface area contributed by atoms with Gasteiger partial charge in [0, 0.05) is 17.4 Å². The molecule has 5 heteroatoms. The second-order valence-corrected chi connectivity index (χ2v) is 4.40. The van der Waals surface area contributed by atoms with Gasteiger partial charge in [0.2, 0.25) is 0 Å². The number of rotatable bonds is 3. The maximum absolute atomic E-state index is 13.3. The molecule has 18 heavy (non-hydrogen) atoms. The van der Waals surface area contributed by atoms with Crippen LogP contribution in [-0.2, 0) is 0 Å². The van der Waals surface area contributed by atoms with Crippen LogP contribution in [0.4, 0.5) is 4.39 Å². The molecule has 0 saturated heterocycles. The third-order valence-electron chi connectivity index (χ3n) is 2.83. The molecule has 0 spiro atoms. The van der Waals surface area contributed by atoms with Gasteiger partial charge in [0.1, 0.15) is 5.82 Å². The van der Waals surface area contributed by atoms with Crippen molar-refractivity contribution in [1.29, 1.82) is 0 Å². The molecule has 3 N–H and O–H groups in total. The fourth-order valence-corrected chi connectivity index (χ4v) is 2.09. The van der Waals surface area contributed by atoms with E-state index in [1.165, 1.54) is 18.2 Å². The zero-order valence-corrected chi connectivity index (χ0v) is 10.6. The standard InChI is InChI=1S/C13H13ClFN3/c1-8-4-5-17-7-11(8)13(18-16)10-6-9(15)2-3-12(10)14/h2-7,13,18H,16H2,1H3. The molecular formula is C13H13ClFN3. The van der Waals surface area contributed by atoms with E-state index in [1.54, 1.807) is 12.4 Å². The molecule has 1 unspecified atom stereocenters. The molecule has 0 saturated carbocycles. The fourth-order valence-electron chi connectivity index (χ4n) is 1.86. The van der Waals surface area contributed by atoms with E-state index >= 15 is 0 Å². The predicted molar refractivity (Wildman–Crippen MR) is 69.6 cm³/mol. The van der Waals surface area contributed by atoms with Crippen LogP contribution in [0.2, 0.25) is 5.02 Å². The van der Waals surface area contributed by atoms with Crippen LogP contribution in [0.15, 0.2) is 36.7 Å². The maximum Gasteiger partial charge on any atom is 0.123 e. The van der Waals surface area contributed by atoms with Crippen molar-refractivity contribution in [3.05, 3.63) is 64.2 Å². The SMILES string of the molecule is Cc1ccncc1C(NN)c1cc(F)ccc1Cl. The van der Waals surface area contributed by atoms with Crippen LogP contribution < -0.4 is 11.3 Å². The number of hydrazine groups is 1. The van der Waals surface area contributed by atoms with Crippen LogP contribution in [-0.4, -0.2) is 4.98 Å². The minimum absolute atomic E-state index is 0.351. The lowest BCUT2D eigenvalue weighted by atomic mass is 9.97. The lowest BCUT2D eigenvalue weighted by Crippen LogP contribution is -2.29. The third-order valence-corrected chi connectivity index (χ3v) is 3.17. The Balaban J connectivity index is 2.52. The normalized spacial score (nSPS) is 12.4. The van der Waals surface area contributed by atoms with E-state index in [9.17, 15) is 4.39 Å². The number of aryl methyl sites for hydroxylation is 1. The van der Waals surface area contributed by atoms with Crippen molar-refractivity contribution in [3.63, 3.8) is 0 Å². The van der Waals surface area contributed by atoms with Gasteiger partial charge in [-0.05, 0) is 47.9 Å². The molecule has 1 heterocycles. The number of halogens is 2. The Bertz CT molecular complexity index is 560. The highest BCUT2D eigenvalue weighted by atomic mass is 35.5. The molecule has 0 aliphatic carbocycles. The summed E-state index contributed by atoms with van der Waals surface area (Å²) >= 11 is 6.09. The molecule has 3 nitrogen and oxygen atoms in total. The largest absolute Gasteiger partial charge is 0.271 e. The number of pyridine rings is 1. The number of aromatic nitrogens is 1. The van der Waals surface area contributed by atoms with Gasteiger partial charge in [-0.3, -0.25) is 10.8 Å². The highest BCUT2D eigenvalue weighted by Crippen LogP contribution is 2.29. The van der Waals surface area contributed by atoms with E-state index in [1.807, 2.05) is 13.0 Å². The van der Waals surface area contributed by atoms with E-state index in [0.717, 1.165) is 11.1 Å². The smallest absolute Gasteiger partial charge is 0.123 e. The van der Waals surface area contributed by atoms with E-state index in [2.05, 4.69) is 10.4 Å². The Labute approximate surface area is 110 Å². The fraction of sp³-hybridized carbons (Fsp3) is 0.154. The monoisotopic (exact) mass is 265 g/mol. The lowest BCUT2D eigenvalue weighted by molar-refractivity contribution is 0.603. The topological polar surface area (TPSA) is 50.9 Å². The maximum atomic E-state index is 13.3. The summed E-state index contributed by atoms with van der Waals surface area (Å²) < 4.78 is 13.3. The number of nitrogens with zero attached hydrogens (tertiary/aromatic N) is 1. The first kappa shape index (κ1) is 13.0. The summed E-state index contributed by atoms with van der Waals surface area (Å²) in [6.45, 7) is 1.94. The zero-order valence-electron chi connectivity index (χ0n) is 9.82. The van der Waals surface area contributed by atoms with Crippen molar-refractivity contribution in [2.45, 2.75) is 13.0 Å². The molecule has 0 aliphatic rings. The van der Waals surface area contributed by atoms with Crippen molar-refractivity contribution in [3.8, 4) is 0 Å². The molecule has 0 fully saturated rings. The molecular weight excluding hydrogens is 253 g/mol. The summed E-state index contributed by atoms with van der Waals surface area (Å²) in [5.41, 5.74) is 5.12. The Hall–Kier alpha value is -1.49. The van der Waals surface area contributed by atoms with Gasteiger partial charge in [-0.2, -0.15) is 0 Å². The average Bonchev–Trinajstić information content (AvgIpc) is 2.36. The minimum Gasteiger partial charge on any atom is -0.271 e. The molecule has 2 rings (SSSR count). The molecule has 0 amide bonds. The summed E-state index contributed by atoms with van der Waals surface area (Å²) in [6, 6.07) is 5.69. The van der Waals surface area contributed by atoms with Crippen molar-refractivity contribution in [2.75, 3.05) is 0 Å². The zero-order chi connectivity index (χ0) is 13.1. The summed E-state index contributed by atoms with van der Waals surface area (Å²) in [5.74, 6) is 5.22. The first-order valence-corrected chi connectivity index (χ1v) is 5.83. The van der Waals surface area contributed by atoms with Crippen molar-refractivity contribution in [1.82, 2.24) is 10.4 Å². The third kappa shape index (κ3) is 2.51. The number of nitrogens with one attached hydrogen (secondary N) is 1. The van der Waals surface area contributed by atoms with Crippen molar-refractivity contribution >= 4 is 11.6 Å². The number of hydrogen-bond acceptors (Lipinski definition) is 3. The molecule has 1 aromatic heterocycles. The second-order valence-electron chi connectivity index (χ2n) is 4.00. The number of hydrogen-bond donors (Lipinski definition) is 2. The van der Waals surface area contributed by atoms with E-state index in [-0.39, 0.29) is 11.9 Å². The Kier molecular flexibility index (Phi) is 3.91. The summed E-state index contributed by atoms with van der Waals surface area (Å²) in [7, 11) is 0. The van der Waals surface area contributed by atoms with Gasteiger partial charge in [0.25, 0.3) is 0 Å². The first-order valence-electron chi connectivity index (χ1n) is 5.45. The Morgan fingerprint density at radius 3 is 2.78 bits per heavy atom. The Morgan fingerprint density at radius 2 is 2.11 bits per heavy atom. The van der Waals surface area contributed by atoms with Crippen LogP contribution in [0.5, 0.6) is 0 Å². The van der Waals surface area contributed by atoms with Gasteiger partial charge < -0.3 is 0 Å². The highest BCUT2D eigenvalue weighted by Gasteiger charge is 2.18. The molecule has 1 aromatic carbocycles. The quantitative estimate of drug-likeness (QED) is 0.663. The van der Waals surface area contributed by atoms with Gasteiger partial charge in [-0.1, -0.05) is 11.6 Å². The van der Waals surface area contributed by atoms with Gasteiger partial charge >= 0.3 is 0 Å². The lowest BCUT2D eigenvalue weighted by Gasteiger charge is -2.19. The molecule has 1 atom stereocenters. The van der Waals surface area contributed by atoms with Crippen LogP contribution in [0.1, 0.15) is 22.7 Å². The van der Waals surface area contributed by atoms with Crippen LogP contribution in [0.3, 0.4) is 0 Å². The van der Waals surface area contributed by atoms with E-state index < -0.39 is 0 Å². The predicted octanol–water partition coefficient (Wildman–Crippen LogP) is 2.74. The van der Waals surface area contributed by atoms with Crippen LogP contribution >= 0.6 is 11.6 Å². The average molecular weight is 266 g/mol. The van der Waals surface area contributed by atoms with Gasteiger partial charge in [0.15, 0.2) is 0 Å². The van der Waals surface area contributed by atoms with Crippen LogP contribution in [0, 0.1) is 12.7 Å². The number of nitrogens with two attached hydrogens (primary N) is 1. The van der Waals surface area contributed by atoms with Gasteiger partial charge in [-0.15, -0.1) is 0 Å².